The van der Waals surface area contributed by atoms with E-state index >= 15 is 0 Å². The fourth-order valence-corrected chi connectivity index (χ4v) is 3.69. The fraction of sp³-hybridized carbons (Fsp3) is 0.455. The Morgan fingerprint density at radius 2 is 2.00 bits per heavy atom. The molecule has 1 aliphatic heterocycles. The van der Waals surface area contributed by atoms with E-state index in [1.54, 1.807) is 12.1 Å². The second kappa shape index (κ2) is 5.35. The third-order valence-corrected chi connectivity index (χ3v) is 4.92. The predicted molar refractivity (Wildman–Crippen MR) is 69.8 cm³/mol. The second-order valence-electron chi connectivity index (χ2n) is 4.18. The molecule has 0 spiro atoms. The van der Waals surface area contributed by atoms with Crippen molar-refractivity contribution < 1.29 is 8.42 Å². The van der Waals surface area contributed by atoms with Crippen molar-refractivity contribution in [3.63, 3.8) is 0 Å². The van der Waals surface area contributed by atoms with Gasteiger partial charge in [0.25, 0.3) is 0 Å². The van der Waals surface area contributed by atoms with Gasteiger partial charge in [-0.15, -0.1) is 12.4 Å². The smallest absolute Gasteiger partial charge is 0.243 e. The van der Waals surface area contributed by atoms with Crippen LogP contribution in [0.1, 0.15) is 12.0 Å². The average Bonchev–Trinajstić information content (AvgIpc) is 2.66. The van der Waals surface area contributed by atoms with Crippen LogP contribution in [0.3, 0.4) is 0 Å². The van der Waals surface area contributed by atoms with E-state index in [2.05, 4.69) is 0 Å². The van der Waals surface area contributed by atoms with E-state index in [9.17, 15) is 8.42 Å². The van der Waals surface area contributed by atoms with E-state index in [1.807, 2.05) is 19.1 Å². The first-order valence-corrected chi connectivity index (χ1v) is 6.77. The quantitative estimate of drug-likeness (QED) is 0.881. The lowest BCUT2D eigenvalue weighted by molar-refractivity contribution is 0.472. The molecule has 0 amide bonds. The van der Waals surface area contributed by atoms with Crippen LogP contribution in [0.4, 0.5) is 0 Å². The Bertz CT molecular complexity index is 490. The summed E-state index contributed by atoms with van der Waals surface area (Å²) in [6.07, 6.45) is 0.741. The number of halogens is 1. The topological polar surface area (TPSA) is 63.4 Å². The molecule has 4 nitrogen and oxygen atoms in total. The minimum Gasteiger partial charge on any atom is -0.326 e. The summed E-state index contributed by atoms with van der Waals surface area (Å²) in [6.45, 7) is 2.76. The Labute approximate surface area is 108 Å². The number of hydrogen-bond acceptors (Lipinski definition) is 3. The molecule has 2 N–H and O–H groups in total. The Kier molecular flexibility index (Phi) is 4.55. The lowest BCUT2D eigenvalue weighted by atomic mass is 10.2. The molecule has 0 bridgehead atoms. The lowest BCUT2D eigenvalue weighted by Gasteiger charge is -2.17. The molecular weight excluding hydrogens is 260 g/mol. The summed E-state index contributed by atoms with van der Waals surface area (Å²) in [5, 5.41) is 0. The van der Waals surface area contributed by atoms with Crippen molar-refractivity contribution in [3.8, 4) is 0 Å². The molecule has 1 saturated heterocycles. The first-order chi connectivity index (χ1) is 7.51. The van der Waals surface area contributed by atoms with E-state index in [-0.39, 0.29) is 18.4 Å². The van der Waals surface area contributed by atoms with Crippen LogP contribution in [0, 0.1) is 6.92 Å². The Hall–Kier alpha value is -0.620. The van der Waals surface area contributed by atoms with Gasteiger partial charge in [0, 0.05) is 19.1 Å². The van der Waals surface area contributed by atoms with Gasteiger partial charge in [-0.25, -0.2) is 8.42 Å². The number of benzene rings is 1. The van der Waals surface area contributed by atoms with Gasteiger partial charge in [0.15, 0.2) is 0 Å². The Morgan fingerprint density at radius 1 is 1.35 bits per heavy atom. The molecular formula is C11H17ClN2O2S. The molecule has 0 saturated carbocycles. The van der Waals surface area contributed by atoms with Crippen molar-refractivity contribution in [1.29, 1.82) is 0 Å². The summed E-state index contributed by atoms with van der Waals surface area (Å²) >= 11 is 0. The van der Waals surface area contributed by atoms with Gasteiger partial charge in [0.05, 0.1) is 4.90 Å². The third kappa shape index (κ3) is 2.80. The summed E-state index contributed by atoms with van der Waals surface area (Å²) in [6, 6.07) is 7.01. The normalized spacial score (nSPS) is 21.2. The molecule has 6 heteroatoms. The largest absolute Gasteiger partial charge is 0.326 e. The molecule has 1 aromatic carbocycles. The lowest BCUT2D eigenvalue weighted by Crippen LogP contribution is -2.32. The highest BCUT2D eigenvalue weighted by atomic mass is 35.5. The number of sulfonamides is 1. The van der Waals surface area contributed by atoms with E-state index < -0.39 is 10.0 Å². The van der Waals surface area contributed by atoms with Crippen LogP contribution < -0.4 is 5.73 Å². The maximum Gasteiger partial charge on any atom is 0.243 e. The van der Waals surface area contributed by atoms with Gasteiger partial charge < -0.3 is 5.73 Å². The molecule has 96 valence electrons. The molecule has 0 aliphatic carbocycles. The van der Waals surface area contributed by atoms with Crippen LogP contribution in [0.15, 0.2) is 29.2 Å². The molecule has 0 aromatic heterocycles. The van der Waals surface area contributed by atoms with Gasteiger partial charge >= 0.3 is 0 Å². The van der Waals surface area contributed by atoms with Crippen LogP contribution in [0.5, 0.6) is 0 Å². The van der Waals surface area contributed by atoms with Gasteiger partial charge in [0.2, 0.25) is 10.0 Å². The van der Waals surface area contributed by atoms with Gasteiger partial charge in [-0.05, 0) is 25.0 Å². The molecule has 1 atom stereocenters. The van der Waals surface area contributed by atoms with Crippen molar-refractivity contribution in [2.75, 3.05) is 13.1 Å². The minimum atomic E-state index is -3.35. The van der Waals surface area contributed by atoms with E-state index in [0.29, 0.717) is 18.0 Å². The van der Waals surface area contributed by atoms with Crippen molar-refractivity contribution in [2.45, 2.75) is 24.3 Å². The van der Waals surface area contributed by atoms with Crippen molar-refractivity contribution >= 4 is 22.4 Å². The molecule has 1 aliphatic rings. The van der Waals surface area contributed by atoms with Crippen LogP contribution in [0.2, 0.25) is 0 Å². The van der Waals surface area contributed by atoms with Crippen LogP contribution in [0.25, 0.3) is 0 Å². The number of aryl methyl sites for hydroxylation is 1. The maximum atomic E-state index is 12.3. The average molecular weight is 277 g/mol. The zero-order chi connectivity index (χ0) is 11.8. The zero-order valence-corrected chi connectivity index (χ0v) is 11.3. The highest BCUT2D eigenvalue weighted by molar-refractivity contribution is 7.89. The zero-order valence-electron chi connectivity index (χ0n) is 9.67. The van der Waals surface area contributed by atoms with Gasteiger partial charge in [-0.2, -0.15) is 4.31 Å². The van der Waals surface area contributed by atoms with Crippen LogP contribution >= 0.6 is 12.4 Å². The molecule has 17 heavy (non-hydrogen) atoms. The standard InChI is InChI=1S/C11H16N2O2S.ClH/c1-9-4-2-3-5-11(9)16(14,15)13-7-6-10(12)8-13;/h2-5,10H,6-8,12H2,1H3;1H. The number of hydrogen-bond donors (Lipinski definition) is 1. The first-order valence-electron chi connectivity index (χ1n) is 5.33. The molecule has 1 fully saturated rings. The molecule has 1 unspecified atom stereocenters. The highest BCUT2D eigenvalue weighted by Crippen LogP contribution is 2.22. The van der Waals surface area contributed by atoms with Gasteiger partial charge in [0.1, 0.15) is 0 Å². The molecule has 2 rings (SSSR count). The molecule has 0 radical (unpaired) electrons. The fourth-order valence-electron chi connectivity index (χ4n) is 1.96. The first kappa shape index (κ1) is 14.4. The SMILES string of the molecule is Cc1ccccc1S(=O)(=O)N1CCC(N)C1.Cl. The second-order valence-corrected chi connectivity index (χ2v) is 6.08. The van der Waals surface area contributed by atoms with Crippen molar-refractivity contribution in [1.82, 2.24) is 4.31 Å². The monoisotopic (exact) mass is 276 g/mol. The molecule has 1 aromatic rings. The number of nitrogens with two attached hydrogens (primary N) is 1. The summed E-state index contributed by atoms with van der Waals surface area (Å²) in [4.78, 5) is 0.393. The van der Waals surface area contributed by atoms with E-state index in [0.717, 1.165) is 12.0 Å². The summed E-state index contributed by atoms with van der Waals surface area (Å²) < 4.78 is 26.0. The van der Waals surface area contributed by atoms with Crippen LogP contribution in [-0.2, 0) is 10.0 Å². The number of rotatable bonds is 2. The number of nitrogens with zero attached hydrogens (tertiary/aromatic N) is 1. The van der Waals surface area contributed by atoms with Crippen LogP contribution in [-0.4, -0.2) is 31.9 Å². The predicted octanol–water partition coefficient (Wildman–Crippen LogP) is 1.14. The van der Waals surface area contributed by atoms with Crippen molar-refractivity contribution in [3.05, 3.63) is 29.8 Å². The highest BCUT2D eigenvalue weighted by Gasteiger charge is 2.31. The summed E-state index contributed by atoms with van der Waals surface area (Å²) in [7, 11) is -3.35. The molecule has 1 heterocycles. The third-order valence-electron chi connectivity index (χ3n) is 2.90. The van der Waals surface area contributed by atoms with E-state index in [1.165, 1.54) is 4.31 Å². The summed E-state index contributed by atoms with van der Waals surface area (Å²) in [5.74, 6) is 0. The minimum absolute atomic E-state index is 0. The Balaban J connectivity index is 0.00000144. The van der Waals surface area contributed by atoms with E-state index in [4.69, 9.17) is 5.73 Å². The van der Waals surface area contributed by atoms with Gasteiger partial charge in [-0.1, -0.05) is 18.2 Å². The van der Waals surface area contributed by atoms with Crippen molar-refractivity contribution in [2.24, 2.45) is 5.73 Å². The Morgan fingerprint density at radius 3 is 2.53 bits per heavy atom. The summed E-state index contributed by atoms with van der Waals surface area (Å²) in [5.41, 5.74) is 6.51. The maximum absolute atomic E-state index is 12.3. The van der Waals surface area contributed by atoms with Gasteiger partial charge in [-0.3, -0.25) is 0 Å².